The third-order valence-corrected chi connectivity index (χ3v) is 5.73. The number of rotatable bonds is 4. The van der Waals surface area contributed by atoms with Crippen molar-refractivity contribution in [3.63, 3.8) is 0 Å². The Morgan fingerprint density at radius 2 is 2.00 bits per heavy atom. The highest BCUT2D eigenvalue weighted by Crippen LogP contribution is 2.22. The molecule has 2 rings (SSSR count). The van der Waals surface area contributed by atoms with Gasteiger partial charge in [-0.15, -0.1) is 0 Å². The van der Waals surface area contributed by atoms with Gasteiger partial charge < -0.3 is 10.0 Å². The largest absolute Gasteiger partial charge is 0.478 e. The molecule has 1 aromatic carbocycles. The maximum Gasteiger partial charge on any atom is 0.336 e. The number of nitrogens with zero attached hydrogens (tertiary/aromatic N) is 1. The molecule has 0 atom stereocenters. The Labute approximate surface area is 132 Å². The summed E-state index contributed by atoms with van der Waals surface area (Å²) in [5.74, 6) is -1.17. The molecular weight excluding hydrogens is 360 g/mol. The van der Waals surface area contributed by atoms with Crippen LogP contribution in [0.25, 0.3) is 0 Å². The zero-order chi connectivity index (χ0) is 15.6. The molecule has 1 saturated heterocycles. The first-order valence-corrected chi connectivity index (χ1v) is 8.81. The van der Waals surface area contributed by atoms with Crippen LogP contribution in [0, 0.1) is 0 Å². The molecule has 21 heavy (non-hydrogen) atoms. The number of hydrogen-bond donors (Lipinski definition) is 2. The standard InChI is InChI=1S/C13H17BrN2O4S/c1-16-6-4-9(5-7-16)15-21(19,20)10-2-3-12(14)11(8-10)13(17)18/h2-3,8-9,15H,4-7H2,1H3,(H,17,18). The maximum absolute atomic E-state index is 12.3. The minimum absolute atomic E-state index is 0.0259. The minimum atomic E-state index is -3.70. The number of piperidine rings is 1. The molecule has 1 fully saturated rings. The fourth-order valence-electron chi connectivity index (χ4n) is 2.25. The summed E-state index contributed by atoms with van der Waals surface area (Å²) in [6.45, 7) is 1.68. The molecule has 0 amide bonds. The molecule has 8 heteroatoms. The number of benzene rings is 1. The van der Waals surface area contributed by atoms with Crippen LogP contribution in [0.4, 0.5) is 0 Å². The van der Waals surface area contributed by atoms with Gasteiger partial charge in [0.25, 0.3) is 0 Å². The quantitative estimate of drug-likeness (QED) is 0.831. The third kappa shape index (κ3) is 4.03. The first-order chi connectivity index (χ1) is 9.79. The highest BCUT2D eigenvalue weighted by atomic mass is 79.9. The van der Waals surface area contributed by atoms with Crippen LogP contribution in [0.15, 0.2) is 27.6 Å². The van der Waals surface area contributed by atoms with Gasteiger partial charge in [0, 0.05) is 10.5 Å². The molecule has 1 aliphatic heterocycles. The van der Waals surface area contributed by atoms with Crippen molar-refractivity contribution < 1.29 is 18.3 Å². The maximum atomic E-state index is 12.3. The van der Waals surface area contributed by atoms with E-state index in [1.165, 1.54) is 18.2 Å². The van der Waals surface area contributed by atoms with Crippen LogP contribution in [0.3, 0.4) is 0 Å². The van der Waals surface area contributed by atoms with Gasteiger partial charge in [-0.25, -0.2) is 17.9 Å². The Balaban J connectivity index is 2.20. The first-order valence-electron chi connectivity index (χ1n) is 6.53. The van der Waals surface area contributed by atoms with E-state index >= 15 is 0 Å². The van der Waals surface area contributed by atoms with Crippen LogP contribution in [-0.4, -0.2) is 50.6 Å². The van der Waals surface area contributed by atoms with Crippen molar-refractivity contribution in [2.45, 2.75) is 23.8 Å². The van der Waals surface area contributed by atoms with Crippen LogP contribution in [-0.2, 0) is 10.0 Å². The fraction of sp³-hybridized carbons (Fsp3) is 0.462. The smallest absolute Gasteiger partial charge is 0.336 e. The molecule has 2 N–H and O–H groups in total. The molecule has 0 aromatic heterocycles. The van der Waals surface area contributed by atoms with E-state index in [1.54, 1.807) is 0 Å². The molecule has 1 aromatic rings. The number of carboxylic acid groups (broad SMARTS) is 1. The van der Waals surface area contributed by atoms with Gasteiger partial charge in [0.2, 0.25) is 10.0 Å². The predicted octanol–water partition coefficient (Wildman–Crippen LogP) is 1.52. The van der Waals surface area contributed by atoms with Gasteiger partial charge in [-0.2, -0.15) is 0 Å². The summed E-state index contributed by atoms with van der Waals surface area (Å²) in [7, 11) is -1.70. The minimum Gasteiger partial charge on any atom is -0.478 e. The molecule has 1 aliphatic rings. The highest BCUT2D eigenvalue weighted by Gasteiger charge is 2.24. The second kappa shape index (κ2) is 6.43. The molecule has 6 nitrogen and oxygen atoms in total. The Morgan fingerprint density at radius 1 is 1.38 bits per heavy atom. The van der Waals surface area contributed by atoms with Crippen molar-refractivity contribution >= 4 is 31.9 Å². The van der Waals surface area contributed by atoms with Gasteiger partial charge in [-0.1, -0.05) is 0 Å². The molecule has 0 unspecified atom stereocenters. The van der Waals surface area contributed by atoms with Crippen LogP contribution in [0.2, 0.25) is 0 Å². The summed E-state index contributed by atoms with van der Waals surface area (Å²) in [5.41, 5.74) is -0.0683. The highest BCUT2D eigenvalue weighted by molar-refractivity contribution is 9.10. The lowest BCUT2D eigenvalue weighted by atomic mass is 10.1. The second-order valence-electron chi connectivity index (χ2n) is 5.15. The summed E-state index contributed by atoms with van der Waals surface area (Å²) in [5, 5.41) is 9.06. The van der Waals surface area contributed by atoms with E-state index < -0.39 is 16.0 Å². The van der Waals surface area contributed by atoms with E-state index in [0.717, 1.165) is 25.9 Å². The SMILES string of the molecule is CN1CCC(NS(=O)(=O)c2ccc(Br)c(C(=O)O)c2)CC1. The number of hydrogen-bond acceptors (Lipinski definition) is 4. The number of likely N-dealkylation sites (tertiary alicyclic amines) is 1. The van der Waals surface area contributed by atoms with Crippen LogP contribution < -0.4 is 4.72 Å². The van der Waals surface area contributed by atoms with Crippen molar-refractivity contribution in [2.75, 3.05) is 20.1 Å². The van der Waals surface area contributed by atoms with E-state index in [1.807, 2.05) is 7.05 Å². The fourth-order valence-corrected chi connectivity index (χ4v) is 4.00. The lowest BCUT2D eigenvalue weighted by Gasteiger charge is -2.29. The van der Waals surface area contributed by atoms with Gasteiger partial charge in [-0.05, 0) is 67.1 Å². The monoisotopic (exact) mass is 376 g/mol. The summed E-state index contributed by atoms with van der Waals surface area (Å²) in [4.78, 5) is 13.2. The summed E-state index contributed by atoms with van der Waals surface area (Å²) < 4.78 is 27.7. The lowest BCUT2D eigenvalue weighted by Crippen LogP contribution is -2.43. The number of nitrogens with one attached hydrogen (secondary N) is 1. The second-order valence-corrected chi connectivity index (χ2v) is 7.71. The molecule has 0 aliphatic carbocycles. The molecular formula is C13H17BrN2O4S. The van der Waals surface area contributed by atoms with E-state index in [2.05, 4.69) is 25.6 Å². The number of carboxylic acids is 1. The van der Waals surface area contributed by atoms with E-state index in [4.69, 9.17) is 5.11 Å². The molecule has 116 valence electrons. The van der Waals surface area contributed by atoms with E-state index in [0.29, 0.717) is 4.47 Å². The lowest BCUT2D eigenvalue weighted by molar-refractivity contribution is 0.0695. The zero-order valence-electron chi connectivity index (χ0n) is 11.5. The van der Waals surface area contributed by atoms with Crippen molar-refractivity contribution in [1.29, 1.82) is 0 Å². The van der Waals surface area contributed by atoms with Crippen LogP contribution >= 0.6 is 15.9 Å². The first kappa shape index (κ1) is 16.4. The van der Waals surface area contributed by atoms with Gasteiger partial charge >= 0.3 is 5.97 Å². The van der Waals surface area contributed by atoms with Crippen molar-refractivity contribution in [3.8, 4) is 0 Å². The molecule has 0 spiro atoms. The van der Waals surface area contributed by atoms with Crippen molar-refractivity contribution in [2.24, 2.45) is 0 Å². The van der Waals surface area contributed by atoms with Crippen LogP contribution in [0.1, 0.15) is 23.2 Å². The molecule has 0 radical (unpaired) electrons. The summed E-state index contributed by atoms with van der Waals surface area (Å²) in [6, 6.07) is 3.90. The van der Waals surface area contributed by atoms with E-state index in [-0.39, 0.29) is 16.5 Å². The predicted molar refractivity (Wildman–Crippen MR) is 81.9 cm³/mol. The van der Waals surface area contributed by atoms with Crippen LogP contribution in [0.5, 0.6) is 0 Å². The average molecular weight is 377 g/mol. The van der Waals surface area contributed by atoms with Gasteiger partial charge in [-0.3, -0.25) is 0 Å². The van der Waals surface area contributed by atoms with E-state index in [9.17, 15) is 13.2 Å². The Morgan fingerprint density at radius 3 is 2.57 bits per heavy atom. The number of halogens is 1. The van der Waals surface area contributed by atoms with Crippen molar-refractivity contribution in [3.05, 3.63) is 28.2 Å². The summed E-state index contributed by atoms with van der Waals surface area (Å²) >= 11 is 3.10. The molecule has 0 bridgehead atoms. The molecule has 1 heterocycles. The van der Waals surface area contributed by atoms with Crippen molar-refractivity contribution in [1.82, 2.24) is 9.62 Å². The summed E-state index contributed by atoms with van der Waals surface area (Å²) in [6.07, 6.45) is 1.50. The topological polar surface area (TPSA) is 86.7 Å². The Bertz CT molecular complexity index is 640. The number of aromatic carboxylic acids is 1. The number of carbonyl (C=O) groups is 1. The van der Waals surface area contributed by atoms with Gasteiger partial charge in [0.15, 0.2) is 0 Å². The molecule has 0 saturated carbocycles. The zero-order valence-corrected chi connectivity index (χ0v) is 13.9. The average Bonchev–Trinajstić information content (AvgIpc) is 2.41. The Hall–Kier alpha value is -0.960. The van der Waals surface area contributed by atoms with Gasteiger partial charge in [0.1, 0.15) is 0 Å². The Kier molecular flexibility index (Phi) is 5.03. The third-order valence-electron chi connectivity index (χ3n) is 3.52. The number of sulfonamides is 1. The van der Waals surface area contributed by atoms with Gasteiger partial charge in [0.05, 0.1) is 10.5 Å². The normalized spacial score (nSPS) is 17.8.